The summed E-state index contributed by atoms with van der Waals surface area (Å²) in [5.74, 6) is 1.55. The van der Waals surface area contributed by atoms with Gasteiger partial charge in [-0.05, 0) is 19.8 Å². The molecule has 1 saturated carbocycles. The van der Waals surface area contributed by atoms with Crippen LogP contribution in [0.4, 0.5) is 0 Å². The van der Waals surface area contributed by atoms with Crippen LogP contribution in [0.5, 0.6) is 0 Å². The van der Waals surface area contributed by atoms with Crippen molar-refractivity contribution >= 4 is 16.3 Å². The highest BCUT2D eigenvalue weighted by Gasteiger charge is 2.42. The van der Waals surface area contributed by atoms with E-state index >= 15 is 0 Å². The van der Waals surface area contributed by atoms with Crippen LogP contribution in [0.1, 0.15) is 42.9 Å². The van der Waals surface area contributed by atoms with E-state index in [9.17, 15) is 0 Å². The molecule has 2 aromatic rings. The first-order valence-corrected chi connectivity index (χ1v) is 7.56. The summed E-state index contributed by atoms with van der Waals surface area (Å²) in [6.45, 7) is 3.36. The smallest absolute Gasteiger partial charge is 0.234 e. The van der Waals surface area contributed by atoms with E-state index in [1.54, 1.807) is 11.3 Å². The summed E-state index contributed by atoms with van der Waals surface area (Å²) in [7, 11) is 0. The Bertz CT molecular complexity index is 619. The molecular weight excluding hydrogens is 262 g/mol. The lowest BCUT2D eigenvalue weighted by molar-refractivity contribution is 0.179. The van der Waals surface area contributed by atoms with Gasteiger partial charge in [0.1, 0.15) is 5.01 Å². The fourth-order valence-electron chi connectivity index (χ4n) is 2.69. The lowest BCUT2D eigenvalue weighted by Gasteiger charge is -2.24. The van der Waals surface area contributed by atoms with Crippen molar-refractivity contribution in [3.05, 3.63) is 10.8 Å². The number of rotatable bonds is 2. The molecule has 0 aromatic carbocycles. The molecule has 0 bridgehead atoms. The predicted molar refractivity (Wildman–Crippen MR) is 71.4 cm³/mol. The van der Waals surface area contributed by atoms with E-state index in [1.165, 1.54) is 19.3 Å². The van der Waals surface area contributed by atoms with Crippen molar-refractivity contribution < 1.29 is 4.74 Å². The number of ether oxygens (including phenoxy) is 1. The zero-order valence-electron chi connectivity index (χ0n) is 10.9. The standard InChI is InChI=1S/C12H17N5OS/c1-12(6-18-5-8(12)13)10-16-17-9(7-3-2-4-7)14-15-11(17)19-10/h7-8H,2-6,13H2,1H3. The molecule has 4 rings (SSSR count). The van der Waals surface area contributed by atoms with E-state index in [0.717, 1.165) is 15.8 Å². The SMILES string of the molecule is CC1(c2nn3c(C4CCC4)nnc3s2)COCC1N. The second-order valence-corrected chi connectivity index (χ2v) is 6.78. The molecule has 3 heterocycles. The van der Waals surface area contributed by atoms with Gasteiger partial charge in [-0.1, -0.05) is 17.8 Å². The Labute approximate surface area is 115 Å². The number of fused-ring (bicyclic) bond motifs is 1. The molecule has 2 aromatic heterocycles. The molecule has 2 fully saturated rings. The molecule has 0 spiro atoms. The van der Waals surface area contributed by atoms with E-state index in [1.807, 2.05) is 4.52 Å². The van der Waals surface area contributed by atoms with Crippen LogP contribution in [0.15, 0.2) is 0 Å². The Hall–Kier alpha value is -1.05. The minimum atomic E-state index is -0.192. The summed E-state index contributed by atoms with van der Waals surface area (Å²) in [5.41, 5.74) is 5.98. The zero-order chi connectivity index (χ0) is 13.0. The highest BCUT2D eigenvalue weighted by Crippen LogP contribution is 2.38. The zero-order valence-corrected chi connectivity index (χ0v) is 11.7. The molecule has 0 radical (unpaired) electrons. The summed E-state index contributed by atoms with van der Waals surface area (Å²) in [6.07, 6.45) is 3.69. The van der Waals surface area contributed by atoms with Crippen LogP contribution in [0, 0.1) is 0 Å². The van der Waals surface area contributed by atoms with Crippen molar-refractivity contribution in [2.45, 2.75) is 43.6 Å². The average molecular weight is 279 g/mol. The first kappa shape index (κ1) is 11.7. The summed E-state index contributed by atoms with van der Waals surface area (Å²) in [4.78, 5) is 0.872. The summed E-state index contributed by atoms with van der Waals surface area (Å²) >= 11 is 1.59. The second-order valence-electron chi connectivity index (χ2n) is 5.83. The van der Waals surface area contributed by atoms with Crippen LogP contribution in [0.3, 0.4) is 0 Å². The van der Waals surface area contributed by atoms with Crippen LogP contribution < -0.4 is 5.73 Å². The van der Waals surface area contributed by atoms with E-state index in [-0.39, 0.29) is 11.5 Å². The third-order valence-corrected chi connectivity index (χ3v) is 5.67. The van der Waals surface area contributed by atoms with Crippen molar-refractivity contribution in [1.29, 1.82) is 0 Å². The molecule has 1 aliphatic heterocycles. The summed E-state index contributed by atoms with van der Waals surface area (Å²) in [6, 6.07) is 0.00321. The predicted octanol–water partition coefficient (Wildman–Crippen LogP) is 1.07. The fourth-order valence-corrected chi connectivity index (χ4v) is 3.73. The van der Waals surface area contributed by atoms with Crippen molar-refractivity contribution in [1.82, 2.24) is 19.8 Å². The summed E-state index contributed by atoms with van der Waals surface area (Å²) < 4.78 is 7.42. The third-order valence-electron chi connectivity index (χ3n) is 4.49. The van der Waals surface area contributed by atoms with Gasteiger partial charge in [0.25, 0.3) is 0 Å². The van der Waals surface area contributed by atoms with Crippen LogP contribution in [-0.2, 0) is 10.2 Å². The van der Waals surface area contributed by atoms with Gasteiger partial charge >= 0.3 is 0 Å². The molecule has 0 amide bonds. The second kappa shape index (κ2) is 3.97. The van der Waals surface area contributed by atoms with Crippen molar-refractivity contribution in [3.63, 3.8) is 0 Å². The van der Waals surface area contributed by atoms with Gasteiger partial charge in [-0.25, -0.2) is 0 Å². The number of hydrogen-bond donors (Lipinski definition) is 1. The van der Waals surface area contributed by atoms with Crippen LogP contribution in [-0.4, -0.2) is 39.1 Å². The third kappa shape index (κ3) is 1.58. The monoisotopic (exact) mass is 279 g/mol. The molecule has 7 heteroatoms. The van der Waals surface area contributed by atoms with Gasteiger partial charge in [0, 0.05) is 12.0 Å². The highest BCUT2D eigenvalue weighted by molar-refractivity contribution is 7.16. The van der Waals surface area contributed by atoms with Crippen molar-refractivity contribution in [2.24, 2.45) is 5.73 Å². The molecule has 2 aliphatic rings. The molecule has 2 unspecified atom stereocenters. The summed E-state index contributed by atoms with van der Waals surface area (Å²) in [5, 5.41) is 14.3. The number of nitrogens with zero attached hydrogens (tertiary/aromatic N) is 4. The van der Waals surface area contributed by atoms with Gasteiger partial charge in [-0.3, -0.25) is 0 Å². The van der Waals surface area contributed by atoms with Crippen molar-refractivity contribution in [3.8, 4) is 0 Å². The number of nitrogens with two attached hydrogens (primary N) is 1. The van der Waals surface area contributed by atoms with E-state index in [2.05, 4.69) is 17.1 Å². The molecule has 1 aliphatic carbocycles. The van der Waals surface area contributed by atoms with Crippen molar-refractivity contribution in [2.75, 3.05) is 13.2 Å². The number of hydrogen-bond acceptors (Lipinski definition) is 6. The van der Waals surface area contributed by atoms with Gasteiger partial charge in [0.2, 0.25) is 4.96 Å². The van der Waals surface area contributed by atoms with Gasteiger partial charge in [0.05, 0.1) is 18.6 Å². The van der Waals surface area contributed by atoms with Gasteiger partial charge in [-0.15, -0.1) is 10.2 Å². The Kier molecular flexibility index (Phi) is 2.46. The maximum atomic E-state index is 6.17. The highest BCUT2D eigenvalue weighted by atomic mass is 32.1. The molecule has 19 heavy (non-hydrogen) atoms. The average Bonchev–Trinajstić information content (AvgIpc) is 2.95. The lowest BCUT2D eigenvalue weighted by Crippen LogP contribution is -2.41. The van der Waals surface area contributed by atoms with E-state index in [0.29, 0.717) is 19.1 Å². The quantitative estimate of drug-likeness (QED) is 0.889. The molecule has 2 N–H and O–H groups in total. The topological polar surface area (TPSA) is 78.3 Å². The van der Waals surface area contributed by atoms with E-state index in [4.69, 9.17) is 15.6 Å². The van der Waals surface area contributed by atoms with Crippen LogP contribution in [0.25, 0.3) is 4.96 Å². The Morgan fingerprint density at radius 1 is 1.42 bits per heavy atom. The van der Waals surface area contributed by atoms with Crippen LogP contribution in [0.2, 0.25) is 0 Å². The van der Waals surface area contributed by atoms with Gasteiger partial charge in [-0.2, -0.15) is 9.61 Å². The lowest BCUT2D eigenvalue weighted by atomic mass is 9.85. The first-order valence-electron chi connectivity index (χ1n) is 6.74. The first-order chi connectivity index (χ1) is 9.18. The van der Waals surface area contributed by atoms with E-state index < -0.39 is 0 Å². The van der Waals surface area contributed by atoms with Crippen LogP contribution >= 0.6 is 11.3 Å². The molecule has 2 atom stereocenters. The normalized spacial score (nSPS) is 32.0. The Balaban J connectivity index is 1.77. The fraction of sp³-hybridized carbons (Fsp3) is 0.750. The molecule has 6 nitrogen and oxygen atoms in total. The van der Waals surface area contributed by atoms with Gasteiger partial charge in [0.15, 0.2) is 5.82 Å². The largest absolute Gasteiger partial charge is 0.379 e. The molecular formula is C12H17N5OS. The maximum Gasteiger partial charge on any atom is 0.234 e. The minimum Gasteiger partial charge on any atom is -0.379 e. The van der Waals surface area contributed by atoms with Gasteiger partial charge < -0.3 is 10.5 Å². The Morgan fingerprint density at radius 2 is 2.26 bits per heavy atom. The number of aromatic nitrogens is 4. The Morgan fingerprint density at radius 3 is 2.89 bits per heavy atom. The maximum absolute atomic E-state index is 6.17. The molecule has 1 saturated heterocycles. The minimum absolute atomic E-state index is 0.00321. The molecule has 102 valence electrons.